The molecule has 2 bridgehead atoms. The predicted molar refractivity (Wildman–Crippen MR) is 92.2 cm³/mol. The van der Waals surface area contributed by atoms with Crippen molar-refractivity contribution in [2.45, 2.75) is 44.6 Å². The summed E-state index contributed by atoms with van der Waals surface area (Å²) in [5, 5.41) is 3.12. The van der Waals surface area contributed by atoms with Crippen molar-refractivity contribution < 1.29 is 9.59 Å². The van der Waals surface area contributed by atoms with Crippen molar-refractivity contribution in [2.75, 3.05) is 13.6 Å². The summed E-state index contributed by atoms with van der Waals surface area (Å²) in [6.45, 7) is 0.738. The summed E-state index contributed by atoms with van der Waals surface area (Å²) in [4.78, 5) is 27.2. The van der Waals surface area contributed by atoms with Crippen LogP contribution in [0.1, 0.15) is 37.7 Å². The number of carbonyl (C=O) groups excluding carboxylic acids is 2. The number of nitrogens with zero attached hydrogens (tertiary/aromatic N) is 1. The highest BCUT2D eigenvalue weighted by atomic mass is 16.2. The van der Waals surface area contributed by atoms with Gasteiger partial charge in [0, 0.05) is 13.6 Å². The lowest BCUT2D eigenvalue weighted by atomic mass is 9.68. The van der Waals surface area contributed by atoms with Crippen LogP contribution in [0.2, 0.25) is 0 Å². The Labute approximate surface area is 143 Å². The van der Waals surface area contributed by atoms with Crippen molar-refractivity contribution >= 4 is 11.8 Å². The molecule has 1 aromatic rings. The first-order valence-electron chi connectivity index (χ1n) is 9.18. The van der Waals surface area contributed by atoms with Crippen LogP contribution < -0.4 is 5.32 Å². The van der Waals surface area contributed by atoms with E-state index in [9.17, 15) is 9.59 Å². The summed E-state index contributed by atoms with van der Waals surface area (Å²) < 4.78 is 0. The largest absolute Gasteiger partial charge is 0.344 e. The third-order valence-electron chi connectivity index (χ3n) is 6.52. The van der Waals surface area contributed by atoms with Crippen molar-refractivity contribution in [3.05, 3.63) is 35.9 Å². The molecule has 4 nitrogen and oxygen atoms in total. The quantitative estimate of drug-likeness (QED) is 0.923. The Morgan fingerprint density at radius 3 is 2.62 bits per heavy atom. The summed E-state index contributed by atoms with van der Waals surface area (Å²) in [6, 6.07) is 10.0. The first kappa shape index (κ1) is 15.7. The van der Waals surface area contributed by atoms with E-state index >= 15 is 0 Å². The second-order valence-electron chi connectivity index (χ2n) is 7.97. The Balaban J connectivity index is 1.57. The molecule has 4 rings (SSSR count). The molecule has 2 saturated carbocycles. The van der Waals surface area contributed by atoms with E-state index in [0.717, 1.165) is 32.2 Å². The van der Waals surface area contributed by atoms with Crippen LogP contribution in [-0.4, -0.2) is 36.3 Å². The molecule has 1 saturated heterocycles. The van der Waals surface area contributed by atoms with Gasteiger partial charge in [-0.3, -0.25) is 9.59 Å². The molecule has 0 aromatic heterocycles. The second kappa shape index (κ2) is 5.91. The zero-order chi connectivity index (χ0) is 16.7. The van der Waals surface area contributed by atoms with Gasteiger partial charge in [0.25, 0.3) is 0 Å². The average molecular weight is 326 g/mol. The van der Waals surface area contributed by atoms with E-state index < -0.39 is 0 Å². The molecule has 1 aliphatic heterocycles. The summed E-state index contributed by atoms with van der Waals surface area (Å²) in [5.74, 6) is 1.33. The summed E-state index contributed by atoms with van der Waals surface area (Å²) in [5.41, 5.74) is 0.918. The molecule has 1 N–H and O–H groups in total. The maximum absolute atomic E-state index is 13.3. The highest BCUT2D eigenvalue weighted by Crippen LogP contribution is 2.57. The Hall–Kier alpha value is -1.84. The number of likely N-dealkylation sites (tertiary alicyclic amines) is 1. The van der Waals surface area contributed by atoms with E-state index in [1.54, 1.807) is 4.90 Å². The molecular formula is C20H26N2O2. The number of fused-ring (bicyclic) bond motifs is 2. The van der Waals surface area contributed by atoms with Gasteiger partial charge in [0.15, 0.2) is 0 Å². The summed E-state index contributed by atoms with van der Waals surface area (Å²) in [7, 11) is 1.81. The van der Waals surface area contributed by atoms with Crippen LogP contribution in [0.4, 0.5) is 0 Å². The number of benzene rings is 1. The molecule has 0 spiro atoms. The van der Waals surface area contributed by atoms with Crippen molar-refractivity contribution in [1.29, 1.82) is 0 Å². The Morgan fingerprint density at radius 2 is 2.04 bits per heavy atom. The van der Waals surface area contributed by atoms with Crippen LogP contribution in [0.15, 0.2) is 30.3 Å². The molecule has 4 heteroatoms. The van der Waals surface area contributed by atoms with Gasteiger partial charge in [-0.05, 0) is 49.5 Å². The van der Waals surface area contributed by atoms with Gasteiger partial charge in [-0.15, -0.1) is 0 Å². The van der Waals surface area contributed by atoms with Gasteiger partial charge >= 0.3 is 0 Å². The Bertz CT molecular complexity index is 644. The zero-order valence-corrected chi connectivity index (χ0v) is 14.3. The van der Waals surface area contributed by atoms with Gasteiger partial charge in [-0.1, -0.05) is 36.8 Å². The highest BCUT2D eigenvalue weighted by molar-refractivity contribution is 5.91. The first-order valence-corrected chi connectivity index (χ1v) is 9.18. The smallest absolute Gasteiger partial charge is 0.244 e. The lowest BCUT2D eigenvalue weighted by Gasteiger charge is -2.37. The normalized spacial score (nSPS) is 34.8. The summed E-state index contributed by atoms with van der Waals surface area (Å²) >= 11 is 0. The molecule has 3 fully saturated rings. The molecule has 128 valence electrons. The van der Waals surface area contributed by atoms with Crippen LogP contribution in [0.3, 0.4) is 0 Å². The Kier molecular flexibility index (Phi) is 3.86. The fraction of sp³-hybridized carbons (Fsp3) is 0.600. The standard InChI is InChI=1S/C20H26N2O2/c1-22-10-9-17(18(22)23)21-19(24)20(12-14-5-3-2-4-6-14)13-15-7-8-16(20)11-15/h2-6,15-17H,7-13H2,1H3,(H,21,24)/t15-,16-,17+,20-/m0/s1. The topological polar surface area (TPSA) is 49.4 Å². The molecule has 4 atom stereocenters. The average Bonchev–Trinajstić information content (AvgIpc) is 3.27. The van der Waals surface area contributed by atoms with Crippen molar-refractivity contribution in [3.63, 3.8) is 0 Å². The van der Waals surface area contributed by atoms with E-state index in [1.165, 1.54) is 18.4 Å². The minimum absolute atomic E-state index is 0.0568. The van der Waals surface area contributed by atoms with Gasteiger partial charge in [0.05, 0.1) is 5.41 Å². The van der Waals surface area contributed by atoms with Gasteiger partial charge in [0.2, 0.25) is 11.8 Å². The molecule has 1 aromatic carbocycles. The minimum Gasteiger partial charge on any atom is -0.344 e. The van der Waals surface area contributed by atoms with E-state index in [0.29, 0.717) is 11.8 Å². The number of carbonyl (C=O) groups is 2. The lowest BCUT2D eigenvalue weighted by Crippen LogP contribution is -2.51. The van der Waals surface area contributed by atoms with Crippen molar-refractivity contribution in [3.8, 4) is 0 Å². The third-order valence-corrected chi connectivity index (χ3v) is 6.52. The number of nitrogens with one attached hydrogen (secondary N) is 1. The molecule has 3 aliphatic rings. The number of rotatable bonds is 4. The van der Waals surface area contributed by atoms with E-state index in [-0.39, 0.29) is 23.3 Å². The molecule has 0 radical (unpaired) electrons. The number of amides is 2. The van der Waals surface area contributed by atoms with Gasteiger partial charge < -0.3 is 10.2 Å². The molecule has 2 amide bonds. The van der Waals surface area contributed by atoms with Crippen molar-refractivity contribution in [1.82, 2.24) is 10.2 Å². The van der Waals surface area contributed by atoms with Crippen LogP contribution in [-0.2, 0) is 16.0 Å². The van der Waals surface area contributed by atoms with E-state index in [4.69, 9.17) is 0 Å². The highest BCUT2D eigenvalue weighted by Gasteiger charge is 2.55. The minimum atomic E-state index is -0.325. The maximum Gasteiger partial charge on any atom is 0.244 e. The number of hydrogen-bond donors (Lipinski definition) is 1. The molecule has 1 heterocycles. The van der Waals surface area contributed by atoms with Crippen LogP contribution in [0, 0.1) is 17.3 Å². The molecular weight excluding hydrogens is 300 g/mol. The van der Waals surface area contributed by atoms with E-state index in [2.05, 4.69) is 17.4 Å². The first-order chi connectivity index (χ1) is 11.6. The molecule has 24 heavy (non-hydrogen) atoms. The van der Waals surface area contributed by atoms with Gasteiger partial charge in [-0.25, -0.2) is 0 Å². The molecule has 2 aliphatic carbocycles. The van der Waals surface area contributed by atoms with Crippen molar-refractivity contribution in [2.24, 2.45) is 17.3 Å². The fourth-order valence-electron chi connectivity index (χ4n) is 5.24. The maximum atomic E-state index is 13.3. The molecule has 0 unspecified atom stereocenters. The summed E-state index contributed by atoms with van der Waals surface area (Å²) in [6.07, 6.45) is 6.12. The monoisotopic (exact) mass is 326 g/mol. The number of hydrogen-bond acceptors (Lipinski definition) is 2. The lowest BCUT2D eigenvalue weighted by molar-refractivity contribution is -0.138. The predicted octanol–water partition coefficient (Wildman–Crippen LogP) is 2.38. The zero-order valence-electron chi connectivity index (χ0n) is 14.3. The fourth-order valence-corrected chi connectivity index (χ4v) is 5.24. The second-order valence-corrected chi connectivity index (χ2v) is 7.97. The van der Waals surface area contributed by atoms with Gasteiger partial charge in [-0.2, -0.15) is 0 Å². The SMILES string of the molecule is CN1CC[C@@H](NC(=O)[C@@]2(Cc3ccccc3)C[C@H]3CC[C@H]2C3)C1=O. The number of likely N-dealkylation sites (N-methyl/N-ethyl adjacent to an activating group) is 1. The van der Waals surface area contributed by atoms with E-state index in [1.807, 2.05) is 25.2 Å². The van der Waals surface area contributed by atoms with Crippen LogP contribution >= 0.6 is 0 Å². The van der Waals surface area contributed by atoms with Crippen LogP contribution in [0.5, 0.6) is 0 Å². The Morgan fingerprint density at radius 1 is 1.25 bits per heavy atom. The van der Waals surface area contributed by atoms with Crippen LogP contribution in [0.25, 0.3) is 0 Å². The van der Waals surface area contributed by atoms with Gasteiger partial charge in [0.1, 0.15) is 6.04 Å². The third kappa shape index (κ3) is 2.52.